The van der Waals surface area contributed by atoms with Crippen LogP contribution in [0.25, 0.3) is 16.9 Å². The molecule has 12 heteroatoms. The van der Waals surface area contributed by atoms with Crippen LogP contribution < -0.4 is 4.90 Å². The van der Waals surface area contributed by atoms with Crippen LogP contribution in [-0.2, 0) is 10.9 Å². The fraction of sp³-hybridized carbons (Fsp3) is 0.480. The second-order valence-electron chi connectivity index (χ2n) is 10.00. The minimum Gasteiger partial charge on any atom is -0.443 e. The molecule has 3 aromatic heterocycles. The van der Waals surface area contributed by atoms with Gasteiger partial charge in [-0.05, 0) is 52.2 Å². The average Bonchev–Trinajstić information content (AvgIpc) is 3.25. The van der Waals surface area contributed by atoms with E-state index in [2.05, 4.69) is 15.0 Å². The number of carbonyl (C=O) groups is 1. The molecule has 1 saturated carbocycles. The van der Waals surface area contributed by atoms with Crippen LogP contribution in [0, 0.1) is 11.3 Å². The smallest absolute Gasteiger partial charge is 0.418 e. The summed E-state index contributed by atoms with van der Waals surface area (Å²) in [5, 5.41) is 9.07. The third-order valence-electron chi connectivity index (χ3n) is 7.23. The zero-order valence-electron chi connectivity index (χ0n) is 20.7. The third kappa shape index (κ3) is 4.43. The van der Waals surface area contributed by atoms with E-state index in [-0.39, 0.29) is 53.4 Å². The first-order valence-electron chi connectivity index (χ1n) is 12.1. The molecule has 0 radical (unpaired) electrons. The number of hydrogen-bond acceptors (Lipinski definition) is 7. The Morgan fingerprint density at radius 2 is 1.95 bits per heavy atom. The number of pyridine rings is 1. The van der Waals surface area contributed by atoms with Crippen LogP contribution in [0.4, 0.5) is 23.8 Å². The van der Waals surface area contributed by atoms with Gasteiger partial charge in [0.05, 0.1) is 22.6 Å². The molecule has 9 nitrogen and oxygen atoms in total. The fourth-order valence-corrected chi connectivity index (χ4v) is 4.99. The summed E-state index contributed by atoms with van der Waals surface area (Å²) in [6.07, 6.45) is 1.10. The number of nitrogens with zero attached hydrogens (tertiary/aromatic N) is 7. The van der Waals surface area contributed by atoms with Crippen molar-refractivity contribution in [1.82, 2.24) is 24.4 Å². The predicted octanol–water partition coefficient (Wildman–Crippen LogP) is 4.68. The van der Waals surface area contributed by atoms with Crippen molar-refractivity contribution >= 4 is 22.9 Å². The van der Waals surface area contributed by atoms with E-state index in [0.29, 0.717) is 0 Å². The molecule has 37 heavy (non-hydrogen) atoms. The number of ether oxygens (including phenoxy) is 1. The molecule has 1 aliphatic heterocycles. The number of alkyl halides is 3. The lowest BCUT2D eigenvalue weighted by molar-refractivity contribution is -0.136. The number of carbonyl (C=O) groups excluding carboxylic acids is 1. The first-order valence-corrected chi connectivity index (χ1v) is 12.1. The maximum Gasteiger partial charge on any atom is 0.418 e. The Labute approximate surface area is 211 Å². The maximum absolute atomic E-state index is 14.2. The molecule has 0 bridgehead atoms. The quantitative estimate of drug-likeness (QED) is 0.501. The Morgan fingerprint density at radius 1 is 1.19 bits per heavy atom. The van der Waals surface area contributed by atoms with Gasteiger partial charge in [0.2, 0.25) is 0 Å². The normalized spacial score (nSPS) is 21.4. The van der Waals surface area contributed by atoms with Crippen molar-refractivity contribution in [2.45, 2.75) is 63.9 Å². The summed E-state index contributed by atoms with van der Waals surface area (Å²) in [5.41, 5.74) is -1.06. The van der Waals surface area contributed by atoms with Crippen molar-refractivity contribution in [1.29, 1.82) is 5.26 Å². The van der Waals surface area contributed by atoms with E-state index >= 15 is 0 Å². The number of nitriles is 1. The van der Waals surface area contributed by atoms with Crippen molar-refractivity contribution in [3.05, 3.63) is 42.0 Å². The van der Waals surface area contributed by atoms with Crippen molar-refractivity contribution in [2.75, 3.05) is 18.0 Å². The van der Waals surface area contributed by atoms with Crippen molar-refractivity contribution in [2.24, 2.45) is 0 Å². The first-order chi connectivity index (χ1) is 17.5. The Hall–Kier alpha value is -3.88. The summed E-state index contributed by atoms with van der Waals surface area (Å²) in [4.78, 5) is 28.9. The molecule has 1 amide bonds. The van der Waals surface area contributed by atoms with E-state index < -0.39 is 23.4 Å². The molecule has 194 valence electrons. The highest BCUT2D eigenvalue weighted by Gasteiger charge is 2.42. The van der Waals surface area contributed by atoms with Gasteiger partial charge in [-0.2, -0.15) is 18.4 Å². The molecule has 2 fully saturated rings. The third-order valence-corrected chi connectivity index (χ3v) is 7.23. The van der Waals surface area contributed by atoms with Gasteiger partial charge < -0.3 is 14.5 Å². The number of halogens is 3. The average molecular weight is 514 g/mol. The fourth-order valence-electron chi connectivity index (χ4n) is 4.99. The molecule has 3 aromatic rings. The Balaban J connectivity index is 1.53. The van der Waals surface area contributed by atoms with Gasteiger partial charge >= 0.3 is 12.3 Å². The van der Waals surface area contributed by atoms with Crippen LogP contribution in [0.5, 0.6) is 0 Å². The molecule has 1 aliphatic carbocycles. The molecule has 4 heterocycles. The van der Waals surface area contributed by atoms with Gasteiger partial charge in [0.15, 0.2) is 5.65 Å². The number of hydrogen-bond donors (Lipinski definition) is 0. The van der Waals surface area contributed by atoms with Crippen molar-refractivity contribution in [3.63, 3.8) is 0 Å². The maximum atomic E-state index is 14.2. The molecule has 1 saturated heterocycles. The second kappa shape index (κ2) is 8.90. The van der Waals surface area contributed by atoms with Crippen molar-refractivity contribution in [3.8, 4) is 11.9 Å². The highest BCUT2D eigenvalue weighted by Crippen LogP contribution is 2.41. The largest absolute Gasteiger partial charge is 0.443 e. The van der Waals surface area contributed by atoms with Gasteiger partial charge in [0.25, 0.3) is 0 Å². The Kier molecular flexibility index (Phi) is 5.96. The summed E-state index contributed by atoms with van der Waals surface area (Å²) in [6.45, 7) is 6.14. The number of anilines is 1. The molecular formula is C25H26F3N7O2. The van der Waals surface area contributed by atoms with Crippen LogP contribution in [0.15, 0.2) is 30.9 Å². The summed E-state index contributed by atoms with van der Waals surface area (Å²) in [5.74, 6) is 0.272. The van der Waals surface area contributed by atoms with E-state index in [1.165, 1.54) is 29.2 Å². The Bertz CT molecular complexity index is 1390. The van der Waals surface area contributed by atoms with E-state index in [4.69, 9.17) is 4.74 Å². The van der Waals surface area contributed by atoms with Crippen LogP contribution in [0.3, 0.4) is 0 Å². The van der Waals surface area contributed by atoms with E-state index in [1.807, 2.05) is 26.8 Å². The number of amides is 1. The topological polar surface area (TPSA) is 100 Å². The van der Waals surface area contributed by atoms with Crippen molar-refractivity contribution < 1.29 is 22.7 Å². The predicted molar refractivity (Wildman–Crippen MR) is 128 cm³/mol. The lowest BCUT2D eigenvalue weighted by Crippen LogP contribution is -2.59. The Morgan fingerprint density at radius 3 is 2.59 bits per heavy atom. The zero-order valence-corrected chi connectivity index (χ0v) is 20.7. The molecular weight excluding hydrogens is 487 g/mol. The van der Waals surface area contributed by atoms with Gasteiger partial charge in [0, 0.05) is 37.6 Å². The van der Waals surface area contributed by atoms with E-state index in [0.717, 1.165) is 25.5 Å². The molecule has 0 aromatic carbocycles. The summed E-state index contributed by atoms with van der Waals surface area (Å²) >= 11 is 0. The van der Waals surface area contributed by atoms with E-state index in [9.17, 15) is 23.2 Å². The number of aromatic nitrogens is 4. The lowest BCUT2D eigenvalue weighted by Gasteiger charge is -2.46. The highest BCUT2D eigenvalue weighted by atomic mass is 19.4. The van der Waals surface area contributed by atoms with Crippen LogP contribution in [0.1, 0.15) is 51.2 Å². The first kappa shape index (κ1) is 24.8. The number of rotatable bonds is 3. The van der Waals surface area contributed by atoms with Gasteiger partial charge in [-0.1, -0.05) is 0 Å². The van der Waals surface area contributed by atoms with Crippen LogP contribution in [-0.4, -0.2) is 61.3 Å². The summed E-state index contributed by atoms with van der Waals surface area (Å²) in [7, 11) is 0. The standard InChI is InChI=1S/C25H26F3N7O2/c1-15-12-34(23(36)37-24(3)6-4-7-24)16(2)11-33(15)21-20-18(25(26,27)28)13-35(22(20)32-14-31-21)19-9-17(10-29)5-8-30-19/h5,8-9,13-16H,4,6-7,11-12H2,1-3H3/t15-,16+/m0/s1. The number of fused-ring (bicyclic) bond motifs is 1. The minimum atomic E-state index is -4.69. The minimum absolute atomic E-state index is 0.0273. The van der Waals surface area contributed by atoms with Gasteiger partial charge in [-0.3, -0.25) is 4.57 Å². The number of piperazine rings is 1. The van der Waals surface area contributed by atoms with Crippen LogP contribution in [0.2, 0.25) is 0 Å². The summed E-state index contributed by atoms with van der Waals surface area (Å²) < 4.78 is 49.7. The SMILES string of the molecule is C[C@@H]1CN(c2ncnc3c2c(C(F)(F)F)cn3-c2cc(C#N)ccn2)[C@@H](C)CN1C(=O)OC1(C)CCC1. The highest BCUT2D eigenvalue weighted by molar-refractivity contribution is 5.93. The summed E-state index contributed by atoms with van der Waals surface area (Å²) in [6, 6.07) is 4.20. The van der Waals surface area contributed by atoms with Gasteiger partial charge in [-0.25, -0.2) is 19.7 Å². The molecule has 0 unspecified atom stereocenters. The van der Waals surface area contributed by atoms with Crippen LogP contribution >= 0.6 is 0 Å². The molecule has 0 spiro atoms. The zero-order chi connectivity index (χ0) is 26.5. The molecule has 0 N–H and O–H groups in total. The molecule has 5 rings (SSSR count). The monoisotopic (exact) mass is 513 g/mol. The second-order valence-corrected chi connectivity index (χ2v) is 10.00. The van der Waals surface area contributed by atoms with Gasteiger partial charge in [-0.15, -0.1) is 0 Å². The molecule has 2 aliphatic rings. The molecule has 2 atom stereocenters. The van der Waals surface area contributed by atoms with Gasteiger partial charge in [0.1, 0.15) is 23.6 Å². The van der Waals surface area contributed by atoms with E-state index in [1.54, 1.807) is 9.80 Å². The lowest BCUT2D eigenvalue weighted by atomic mass is 9.82.